The number of halogens is 1. The van der Waals surface area contributed by atoms with Crippen LogP contribution in [0.3, 0.4) is 0 Å². The van der Waals surface area contributed by atoms with Crippen LogP contribution >= 0.6 is 12.4 Å². The lowest BCUT2D eigenvalue weighted by Crippen LogP contribution is -2.50. The van der Waals surface area contributed by atoms with Crippen molar-refractivity contribution in [1.82, 2.24) is 10.6 Å². The Morgan fingerprint density at radius 2 is 2.00 bits per heavy atom. The lowest BCUT2D eigenvalue weighted by atomic mass is 9.94. The van der Waals surface area contributed by atoms with Crippen molar-refractivity contribution in [1.29, 1.82) is 0 Å². The van der Waals surface area contributed by atoms with Crippen LogP contribution < -0.4 is 16.0 Å². The Bertz CT molecular complexity index is 575. The Hall–Kier alpha value is -1.59. The summed E-state index contributed by atoms with van der Waals surface area (Å²) in [4.78, 5) is 24.2. The Morgan fingerprint density at radius 3 is 2.70 bits per heavy atom. The van der Waals surface area contributed by atoms with Gasteiger partial charge in [-0.2, -0.15) is 0 Å². The SMILES string of the molecule is CC1CCNCC1NC(=O)c1cccc(NC(=O)C2CC2)c1.Cl. The highest BCUT2D eigenvalue weighted by atomic mass is 35.5. The minimum Gasteiger partial charge on any atom is -0.348 e. The quantitative estimate of drug-likeness (QED) is 0.788. The molecule has 5 nitrogen and oxygen atoms in total. The first-order valence-electron chi connectivity index (χ1n) is 8.06. The summed E-state index contributed by atoms with van der Waals surface area (Å²) in [7, 11) is 0. The number of anilines is 1. The fourth-order valence-electron chi connectivity index (χ4n) is 2.76. The van der Waals surface area contributed by atoms with Crippen molar-refractivity contribution >= 4 is 29.9 Å². The summed E-state index contributed by atoms with van der Waals surface area (Å²) in [6.45, 7) is 3.99. The standard InChI is InChI=1S/C17H23N3O2.ClH/c1-11-7-8-18-10-15(11)20-17(22)13-3-2-4-14(9-13)19-16(21)12-5-6-12;/h2-4,9,11-12,15,18H,5-8,10H2,1H3,(H,19,21)(H,20,22);1H. The molecule has 1 aliphatic heterocycles. The first-order valence-corrected chi connectivity index (χ1v) is 8.06. The van der Waals surface area contributed by atoms with Gasteiger partial charge < -0.3 is 16.0 Å². The third kappa shape index (κ3) is 4.69. The minimum atomic E-state index is -0.0805. The van der Waals surface area contributed by atoms with Crippen molar-refractivity contribution < 1.29 is 9.59 Å². The molecule has 2 atom stereocenters. The van der Waals surface area contributed by atoms with Crippen molar-refractivity contribution in [3.05, 3.63) is 29.8 Å². The summed E-state index contributed by atoms with van der Waals surface area (Å²) in [5.41, 5.74) is 1.28. The van der Waals surface area contributed by atoms with E-state index in [1.807, 2.05) is 6.07 Å². The molecule has 0 radical (unpaired) electrons. The highest BCUT2D eigenvalue weighted by molar-refractivity contribution is 5.98. The first-order chi connectivity index (χ1) is 10.6. The van der Waals surface area contributed by atoms with E-state index in [2.05, 4.69) is 22.9 Å². The van der Waals surface area contributed by atoms with Gasteiger partial charge in [0.25, 0.3) is 5.91 Å². The van der Waals surface area contributed by atoms with Crippen molar-refractivity contribution in [2.45, 2.75) is 32.2 Å². The number of piperidine rings is 1. The highest BCUT2D eigenvalue weighted by Crippen LogP contribution is 2.30. The van der Waals surface area contributed by atoms with Crippen LogP contribution in [-0.2, 0) is 4.79 Å². The van der Waals surface area contributed by atoms with E-state index in [9.17, 15) is 9.59 Å². The van der Waals surface area contributed by atoms with E-state index in [1.54, 1.807) is 18.2 Å². The van der Waals surface area contributed by atoms with Crippen LogP contribution in [0.1, 0.15) is 36.5 Å². The van der Waals surface area contributed by atoms with E-state index in [-0.39, 0.29) is 36.2 Å². The van der Waals surface area contributed by atoms with Gasteiger partial charge in [0.15, 0.2) is 0 Å². The van der Waals surface area contributed by atoms with E-state index in [0.29, 0.717) is 17.2 Å². The fraction of sp³-hybridized carbons (Fsp3) is 0.529. The van der Waals surface area contributed by atoms with Crippen LogP contribution in [0.15, 0.2) is 24.3 Å². The number of carbonyl (C=O) groups is 2. The molecule has 1 aromatic carbocycles. The Labute approximate surface area is 143 Å². The molecule has 2 fully saturated rings. The maximum Gasteiger partial charge on any atom is 0.251 e. The monoisotopic (exact) mass is 337 g/mol. The molecule has 0 aromatic heterocycles. The third-order valence-corrected chi connectivity index (χ3v) is 4.48. The molecule has 3 N–H and O–H groups in total. The molecular weight excluding hydrogens is 314 g/mol. The predicted octanol–water partition coefficient (Wildman–Crippen LogP) is 2.18. The number of carbonyl (C=O) groups excluding carboxylic acids is 2. The van der Waals surface area contributed by atoms with E-state index in [0.717, 1.165) is 32.4 Å². The van der Waals surface area contributed by atoms with Crippen LogP contribution in [-0.4, -0.2) is 30.9 Å². The second kappa shape index (κ2) is 7.79. The van der Waals surface area contributed by atoms with Gasteiger partial charge in [-0.15, -0.1) is 12.4 Å². The van der Waals surface area contributed by atoms with Crippen molar-refractivity contribution in [3.8, 4) is 0 Å². The summed E-state index contributed by atoms with van der Waals surface area (Å²) in [6, 6.07) is 7.31. The zero-order valence-corrected chi connectivity index (χ0v) is 14.1. The van der Waals surface area contributed by atoms with Gasteiger partial charge in [-0.05, 0) is 49.9 Å². The zero-order valence-electron chi connectivity index (χ0n) is 13.3. The summed E-state index contributed by atoms with van der Waals surface area (Å²) in [5, 5.41) is 9.27. The van der Waals surface area contributed by atoms with Gasteiger partial charge in [0.1, 0.15) is 0 Å². The molecule has 0 bridgehead atoms. The summed E-state index contributed by atoms with van der Waals surface area (Å²) < 4.78 is 0. The highest BCUT2D eigenvalue weighted by Gasteiger charge is 2.29. The molecule has 2 unspecified atom stereocenters. The lowest BCUT2D eigenvalue weighted by Gasteiger charge is -2.30. The van der Waals surface area contributed by atoms with E-state index in [4.69, 9.17) is 0 Å². The van der Waals surface area contributed by atoms with Crippen molar-refractivity contribution in [3.63, 3.8) is 0 Å². The second-order valence-corrected chi connectivity index (χ2v) is 6.39. The van der Waals surface area contributed by atoms with Gasteiger partial charge in [0, 0.05) is 29.8 Å². The molecule has 3 rings (SSSR count). The number of hydrogen-bond acceptors (Lipinski definition) is 3. The molecule has 1 heterocycles. The number of rotatable bonds is 4. The Morgan fingerprint density at radius 1 is 1.22 bits per heavy atom. The van der Waals surface area contributed by atoms with Crippen LogP contribution in [0.25, 0.3) is 0 Å². The van der Waals surface area contributed by atoms with Crippen molar-refractivity contribution in [2.75, 3.05) is 18.4 Å². The molecule has 23 heavy (non-hydrogen) atoms. The van der Waals surface area contributed by atoms with Crippen molar-refractivity contribution in [2.24, 2.45) is 11.8 Å². The molecule has 6 heteroatoms. The van der Waals surface area contributed by atoms with Gasteiger partial charge in [-0.1, -0.05) is 13.0 Å². The van der Waals surface area contributed by atoms with Gasteiger partial charge >= 0.3 is 0 Å². The van der Waals surface area contributed by atoms with Gasteiger partial charge in [0.05, 0.1) is 0 Å². The first kappa shape index (κ1) is 17.8. The number of hydrogen-bond donors (Lipinski definition) is 3. The van der Waals surface area contributed by atoms with Gasteiger partial charge in [0.2, 0.25) is 5.91 Å². The van der Waals surface area contributed by atoms with E-state index < -0.39 is 0 Å². The Balaban J connectivity index is 0.00000192. The topological polar surface area (TPSA) is 70.2 Å². The second-order valence-electron chi connectivity index (χ2n) is 6.39. The van der Waals surface area contributed by atoms with Crippen LogP contribution in [0.4, 0.5) is 5.69 Å². The van der Waals surface area contributed by atoms with Crippen LogP contribution in [0.2, 0.25) is 0 Å². The maximum atomic E-state index is 12.4. The van der Waals surface area contributed by atoms with Crippen LogP contribution in [0, 0.1) is 11.8 Å². The zero-order chi connectivity index (χ0) is 15.5. The summed E-state index contributed by atoms with van der Waals surface area (Å²) in [5.74, 6) is 0.611. The summed E-state index contributed by atoms with van der Waals surface area (Å²) >= 11 is 0. The molecular formula is C17H24ClN3O2. The molecule has 2 amide bonds. The fourth-order valence-corrected chi connectivity index (χ4v) is 2.76. The molecule has 2 aliphatic rings. The van der Waals surface area contributed by atoms with E-state index >= 15 is 0 Å². The molecule has 1 aromatic rings. The average molecular weight is 338 g/mol. The smallest absolute Gasteiger partial charge is 0.251 e. The number of nitrogens with one attached hydrogen (secondary N) is 3. The number of benzene rings is 1. The number of amides is 2. The minimum absolute atomic E-state index is 0. The summed E-state index contributed by atoms with van der Waals surface area (Å²) in [6.07, 6.45) is 3.01. The van der Waals surface area contributed by atoms with Gasteiger partial charge in [-0.25, -0.2) is 0 Å². The normalized spacial score (nSPS) is 23.5. The maximum absolute atomic E-state index is 12.4. The largest absolute Gasteiger partial charge is 0.348 e. The molecule has 126 valence electrons. The third-order valence-electron chi connectivity index (χ3n) is 4.48. The lowest BCUT2D eigenvalue weighted by molar-refractivity contribution is -0.117. The van der Waals surface area contributed by atoms with Crippen LogP contribution in [0.5, 0.6) is 0 Å². The molecule has 1 saturated carbocycles. The molecule has 1 aliphatic carbocycles. The predicted molar refractivity (Wildman–Crippen MR) is 92.9 cm³/mol. The molecule has 0 spiro atoms. The van der Waals surface area contributed by atoms with E-state index in [1.165, 1.54) is 0 Å². The Kier molecular flexibility index (Phi) is 6.02. The molecule has 1 saturated heterocycles. The average Bonchev–Trinajstić information content (AvgIpc) is 3.34. The van der Waals surface area contributed by atoms with Gasteiger partial charge in [-0.3, -0.25) is 9.59 Å².